The molecule has 0 radical (unpaired) electrons. The van der Waals surface area contributed by atoms with Gasteiger partial charge in [0.2, 0.25) is 5.91 Å². The van der Waals surface area contributed by atoms with Gasteiger partial charge in [0.05, 0.1) is 0 Å². The van der Waals surface area contributed by atoms with Crippen LogP contribution in [0.2, 0.25) is 0 Å². The van der Waals surface area contributed by atoms with Gasteiger partial charge in [0.15, 0.2) is 0 Å². The van der Waals surface area contributed by atoms with Gasteiger partial charge in [-0.2, -0.15) is 0 Å². The summed E-state index contributed by atoms with van der Waals surface area (Å²) in [6.45, 7) is 4.02. The van der Waals surface area contributed by atoms with E-state index in [0.29, 0.717) is 6.42 Å². The number of hydrogen-bond acceptors (Lipinski definition) is 4. The molecular weight excluding hydrogens is 302 g/mol. The van der Waals surface area contributed by atoms with Gasteiger partial charge in [0, 0.05) is 12.1 Å². The molecule has 1 unspecified atom stereocenters. The number of carbonyl (C=O) groups excluding carboxylic acids is 1. The third-order valence-electron chi connectivity index (χ3n) is 4.12. The number of nitrogens with zero attached hydrogens (tertiary/aromatic N) is 4. The summed E-state index contributed by atoms with van der Waals surface area (Å²) in [4.78, 5) is 12.9. The molecule has 2 aromatic carbocycles. The second-order valence-electron chi connectivity index (χ2n) is 5.73. The van der Waals surface area contributed by atoms with E-state index in [2.05, 4.69) is 20.8 Å². The van der Waals surface area contributed by atoms with Crippen molar-refractivity contribution < 1.29 is 4.79 Å². The van der Waals surface area contributed by atoms with Gasteiger partial charge in [-0.1, -0.05) is 42.5 Å². The fourth-order valence-electron chi connectivity index (χ4n) is 2.56. The molecule has 0 bridgehead atoms. The quantitative estimate of drug-likeness (QED) is 0.784. The number of hydrogen-bond donors (Lipinski definition) is 1. The zero-order valence-electron chi connectivity index (χ0n) is 13.7. The largest absolute Gasteiger partial charge is 0.324 e. The third-order valence-corrected chi connectivity index (χ3v) is 4.12. The Morgan fingerprint density at radius 2 is 1.92 bits per heavy atom. The molecule has 0 fully saturated rings. The molecule has 6 nitrogen and oxygen atoms in total. The van der Waals surface area contributed by atoms with E-state index in [1.54, 1.807) is 0 Å². The molecule has 122 valence electrons. The van der Waals surface area contributed by atoms with Crippen molar-refractivity contribution in [2.24, 2.45) is 0 Å². The summed E-state index contributed by atoms with van der Waals surface area (Å²) < 4.78 is 1.49. The van der Waals surface area contributed by atoms with Gasteiger partial charge >= 0.3 is 0 Å². The molecule has 0 aliphatic heterocycles. The average molecular weight is 321 g/mol. The number of anilines is 1. The monoisotopic (exact) mass is 321 g/mol. The lowest BCUT2D eigenvalue weighted by atomic mass is 10.0. The van der Waals surface area contributed by atoms with Crippen molar-refractivity contribution in [1.29, 1.82) is 0 Å². The van der Waals surface area contributed by atoms with Crippen molar-refractivity contribution in [2.45, 2.75) is 26.3 Å². The molecule has 24 heavy (non-hydrogen) atoms. The van der Waals surface area contributed by atoms with Crippen LogP contribution in [0.25, 0.3) is 0 Å². The number of nitrogens with one attached hydrogen (secondary N) is 1. The van der Waals surface area contributed by atoms with E-state index in [1.165, 1.54) is 11.0 Å². The molecular formula is C18H19N5O. The molecule has 0 aliphatic carbocycles. The van der Waals surface area contributed by atoms with Gasteiger partial charge < -0.3 is 5.32 Å². The number of benzene rings is 2. The fraction of sp³-hybridized carbons (Fsp3) is 0.222. The standard InChI is InChI=1S/C18H19N5O/c1-13-7-6-10-16(14(13)2)20-18(24)17(23-12-19-21-22-23)11-15-8-4-3-5-9-15/h3-10,12,17H,11H2,1-2H3,(H,20,24). The summed E-state index contributed by atoms with van der Waals surface area (Å²) in [5.41, 5.74) is 4.05. The van der Waals surface area contributed by atoms with E-state index < -0.39 is 6.04 Å². The Kier molecular flexibility index (Phi) is 4.65. The van der Waals surface area contributed by atoms with Crippen LogP contribution in [0.15, 0.2) is 54.9 Å². The molecule has 0 spiro atoms. The third kappa shape index (κ3) is 3.48. The molecule has 1 amide bonds. The average Bonchev–Trinajstić information content (AvgIpc) is 3.12. The topological polar surface area (TPSA) is 72.7 Å². The molecule has 0 saturated carbocycles. The van der Waals surface area contributed by atoms with Crippen LogP contribution in [-0.2, 0) is 11.2 Å². The number of rotatable bonds is 5. The Hall–Kier alpha value is -3.02. The molecule has 6 heteroatoms. The zero-order valence-corrected chi connectivity index (χ0v) is 13.7. The smallest absolute Gasteiger partial charge is 0.249 e. The lowest BCUT2D eigenvalue weighted by molar-refractivity contribution is -0.119. The Balaban J connectivity index is 1.85. The maximum absolute atomic E-state index is 12.9. The van der Waals surface area contributed by atoms with Crippen LogP contribution < -0.4 is 5.32 Å². The SMILES string of the molecule is Cc1cccc(NC(=O)C(Cc2ccccc2)n2cnnn2)c1C. The second kappa shape index (κ2) is 7.04. The van der Waals surface area contributed by atoms with Gasteiger partial charge in [-0.15, -0.1) is 5.10 Å². The highest BCUT2D eigenvalue weighted by Crippen LogP contribution is 2.21. The van der Waals surface area contributed by atoms with E-state index in [0.717, 1.165) is 22.4 Å². The van der Waals surface area contributed by atoms with Crippen LogP contribution in [-0.4, -0.2) is 26.1 Å². The predicted octanol–water partition coefficient (Wildman–Crippen LogP) is 2.71. The van der Waals surface area contributed by atoms with Crippen molar-refractivity contribution in [3.8, 4) is 0 Å². The lowest BCUT2D eigenvalue weighted by Crippen LogP contribution is -2.28. The normalized spacial score (nSPS) is 11.9. The minimum Gasteiger partial charge on any atom is -0.324 e. The highest BCUT2D eigenvalue weighted by Gasteiger charge is 2.23. The summed E-state index contributed by atoms with van der Waals surface area (Å²) >= 11 is 0. The Morgan fingerprint density at radius 3 is 2.62 bits per heavy atom. The molecule has 0 aliphatic rings. The van der Waals surface area contributed by atoms with Gasteiger partial charge in [0.25, 0.3) is 0 Å². The van der Waals surface area contributed by atoms with Crippen molar-refractivity contribution in [3.05, 3.63) is 71.5 Å². The Labute approximate surface area is 140 Å². The van der Waals surface area contributed by atoms with Crippen LogP contribution in [0.1, 0.15) is 22.7 Å². The first-order chi connectivity index (χ1) is 11.6. The molecule has 0 saturated heterocycles. The molecule has 3 rings (SSSR count). The summed E-state index contributed by atoms with van der Waals surface area (Å²) in [5.74, 6) is -0.139. The summed E-state index contributed by atoms with van der Waals surface area (Å²) in [6.07, 6.45) is 1.98. The maximum atomic E-state index is 12.9. The highest BCUT2D eigenvalue weighted by molar-refractivity contribution is 5.94. The Bertz CT molecular complexity index is 815. The molecule has 1 heterocycles. The first kappa shape index (κ1) is 15.9. The van der Waals surface area contributed by atoms with E-state index in [-0.39, 0.29) is 5.91 Å². The maximum Gasteiger partial charge on any atom is 0.249 e. The Morgan fingerprint density at radius 1 is 1.12 bits per heavy atom. The minimum absolute atomic E-state index is 0.139. The van der Waals surface area contributed by atoms with Crippen molar-refractivity contribution in [3.63, 3.8) is 0 Å². The lowest BCUT2D eigenvalue weighted by Gasteiger charge is -2.18. The number of carbonyl (C=O) groups is 1. The first-order valence-electron chi connectivity index (χ1n) is 7.78. The van der Waals surface area contributed by atoms with E-state index in [1.807, 2.05) is 62.4 Å². The van der Waals surface area contributed by atoms with E-state index in [4.69, 9.17) is 0 Å². The molecule has 1 N–H and O–H groups in total. The van der Waals surface area contributed by atoms with Gasteiger partial charge in [-0.05, 0) is 47.0 Å². The van der Waals surface area contributed by atoms with Gasteiger partial charge in [-0.25, -0.2) is 4.68 Å². The van der Waals surface area contributed by atoms with Crippen LogP contribution in [0, 0.1) is 13.8 Å². The van der Waals surface area contributed by atoms with Crippen LogP contribution in [0.5, 0.6) is 0 Å². The number of aromatic nitrogens is 4. The van der Waals surface area contributed by atoms with Gasteiger partial charge in [0.1, 0.15) is 12.4 Å². The summed E-state index contributed by atoms with van der Waals surface area (Å²) in [6, 6.07) is 15.2. The molecule has 3 aromatic rings. The van der Waals surface area contributed by atoms with Crippen molar-refractivity contribution in [1.82, 2.24) is 20.2 Å². The van der Waals surface area contributed by atoms with Crippen molar-refractivity contribution >= 4 is 11.6 Å². The van der Waals surface area contributed by atoms with Crippen molar-refractivity contribution in [2.75, 3.05) is 5.32 Å². The zero-order chi connectivity index (χ0) is 16.9. The highest BCUT2D eigenvalue weighted by atomic mass is 16.2. The number of amides is 1. The number of aryl methyl sites for hydroxylation is 1. The van der Waals surface area contributed by atoms with Gasteiger partial charge in [-0.3, -0.25) is 4.79 Å². The fourth-order valence-corrected chi connectivity index (χ4v) is 2.56. The van der Waals surface area contributed by atoms with Crippen LogP contribution in [0.3, 0.4) is 0 Å². The number of tetrazole rings is 1. The molecule has 1 aromatic heterocycles. The van der Waals surface area contributed by atoms with Crippen LogP contribution >= 0.6 is 0 Å². The van der Waals surface area contributed by atoms with E-state index in [9.17, 15) is 4.79 Å². The first-order valence-corrected chi connectivity index (χ1v) is 7.78. The summed E-state index contributed by atoms with van der Waals surface area (Å²) in [5, 5.41) is 14.2. The van der Waals surface area contributed by atoms with E-state index >= 15 is 0 Å². The summed E-state index contributed by atoms with van der Waals surface area (Å²) in [7, 11) is 0. The van der Waals surface area contributed by atoms with Crippen LogP contribution in [0.4, 0.5) is 5.69 Å². The molecule has 1 atom stereocenters. The predicted molar refractivity (Wildman–Crippen MR) is 91.5 cm³/mol. The minimum atomic E-state index is -0.512. The second-order valence-corrected chi connectivity index (χ2v) is 5.73.